The number of halogens is 3. The maximum Gasteiger partial charge on any atom is 0.573 e. The molecular formula is C20H18F3N3O3. The summed E-state index contributed by atoms with van der Waals surface area (Å²) in [6.07, 6.45) is -1.83. The Morgan fingerprint density at radius 2 is 1.86 bits per heavy atom. The molecule has 0 saturated heterocycles. The van der Waals surface area contributed by atoms with E-state index in [2.05, 4.69) is 15.0 Å². The van der Waals surface area contributed by atoms with Crippen LogP contribution >= 0.6 is 0 Å². The largest absolute Gasteiger partial charge is 0.573 e. The monoisotopic (exact) mass is 405 g/mol. The number of methoxy groups -OCH3 is 1. The molecule has 0 aliphatic carbocycles. The van der Waals surface area contributed by atoms with Crippen molar-refractivity contribution in [2.45, 2.75) is 19.8 Å². The van der Waals surface area contributed by atoms with Crippen LogP contribution < -0.4 is 14.8 Å². The second-order valence-corrected chi connectivity index (χ2v) is 6.13. The molecule has 1 aromatic heterocycles. The predicted octanol–water partition coefficient (Wildman–Crippen LogP) is 4.02. The summed E-state index contributed by atoms with van der Waals surface area (Å²) in [5.74, 6) is -1.06. The van der Waals surface area contributed by atoms with Crippen LogP contribution in [0.4, 0.5) is 13.2 Å². The second-order valence-electron chi connectivity index (χ2n) is 6.13. The van der Waals surface area contributed by atoms with Crippen LogP contribution in [-0.2, 0) is 6.54 Å². The van der Waals surface area contributed by atoms with Gasteiger partial charge in [0.2, 0.25) is 0 Å². The topological polar surface area (TPSA) is 65.4 Å². The van der Waals surface area contributed by atoms with E-state index in [4.69, 9.17) is 4.74 Å². The van der Waals surface area contributed by atoms with E-state index < -0.39 is 18.0 Å². The van der Waals surface area contributed by atoms with E-state index in [0.717, 1.165) is 0 Å². The number of alkyl halides is 3. The Labute approximate surface area is 164 Å². The molecule has 0 spiro atoms. The number of carbonyl (C=O) groups excluding carboxylic acids is 1. The minimum atomic E-state index is -4.94. The van der Waals surface area contributed by atoms with Gasteiger partial charge in [0, 0.05) is 23.9 Å². The maximum absolute atomic E-state index is 13.1. The molecule has 0 bridgehead atoms. The summed E-state index contributed by atoms with van der Waals surface area (Å²) in [5, 5.41) is 2.60. The molecule has 0 aliphatic rings. The first-order valence-corrected chi connectivity index (χ1v) is 8.58. The Bertz CT molecular complexity index is 1000. The van der Waals surface area contributed by atoms with Crippen molar-refractivity contribution in [1.82, 2.24) is 14.9 Å². The van der Waals surface area contributed by atoms with E-state index in [-0.39, 0.29) is 17.9 Å². The molecule has 0 unspecified atom stereocenters. The highest BCUT2D eigenvalue weighted by atomic mass is 19.4. The van der Waals surface area contributed by atoms with Crippen molar-refractivity contribution in [3.63, 3.8) is 0 Å². The molecule has 152 valence electrons. The molecule has 1 N–H and O–H groups in total. The number of imidazole rings is 1. The summed E-state index contributed by atoms with van der Waals surface area (Å²) in [4.78, 5) is 16.3. The van der Waals surface area contributed by atoms with Crippen LogP contribution in [0.2, 0.25) is 0 Å². The minimum Gasteiger partial charge on any atom is -0.491 e. The van der Waals surface area contributed by atoms with Crippen molar-refractivity contribution in [2.75, 3.05) is 7.11 Å². The molecule has 0 aliphatic heterocycles. The fraction of sp³-hybridized carbons (Fsp3) is 0.200. The lowest BCUT2D eigenvalue weighted by Gasteiger charge is -2.19. The lowest BCUT2D eigenvalue weighted by atomic mass is 10.1. The number of hydrogen-bond donors (Lipinski definition) is 1. The Hall–Kier alpha value is -3.49. The third-order valence-electron chi connectivity index (χ3n) is 4.06. The van der Waals surface area contributed by atoms with Crippen molar-refractivity contribution < 1.29 is 27.4 Å². The van der Waals surface area contributed by atoms with E-state index in [1.165, 1.54) is 24.1 Å². The van der Waals surface area contributed by atoms with Crippen molar-refractivity contribution in [3.8, 4) is 17.2 Å². The number of nitrogens with zero attached hydrogens (tertiary/aromatic N) is 2. The van der Waals surface area contributed by atoms with Gasteiger partial charge < -0.3 is 19.4 Å². The number of amides is 1. The first kappa shape index (κ1) is 20.2. The van der Waals surface area contributed by atoms with E-state index in [0.29, 0.717) is 16.9 Å². The van der Waals surface area contributed by atoms with Gasteiger partial charge in [0.05, 0.1) is 24.8 Å². The van der Waals surface area contributed by atoms with Crippen molar-refractivity contribution in [3.05, 3.63) is 71.8 Å². The van der Waals surface area contributed by atoms with Gasteiger partial charge in [-0.05, 0) is 25.1 Å². The molecule has 2 aromatic carbocycles. The van der Waals surface area contributed by atoms with Crippen LogP contribution in [0.15, 0.2) is 55.0 Å². The van der Waals surface area contributed by atoms with Crippen molar-refractivity contribution in [1.29, 1.82) is 0 Å². The number of nitrogens with one attached hydrogen (secondary N) is 1. The minimum absolute atomic E-state index is 0.115. The zero-order valence-corrected chi connectivity index (χ0v) is 15.7. The smallest absolute Gasteiger partial charge is 0.491 e. The van der Waals surface area contributed by atoms with Crippen LogP contribution in [0.1, 0.15) is 21.6 Å². The lowest BCUT2D eigenvalue weighted by Crippen LogP contribution is -2.25. The normalized spacial score (nSPS) is 11.2. The predicted molar refractivity (Wildman–Crippen MR) is 99.1 cm³/mol. The molecule has 0 saturated carbocycles. The SMILES string of the molecule is COc1c(-n2cnc(C)c2)ccc(CNC(=O)c2ccccc2)c1OC(F)(F)F. The van der Waals surface area contributed by atoms with Gasteiger partial charge in [0.25, 0.3) is 5.91 Å². The molecule has 0 fully saturated rings. The molecule has 6 nitrogen and oxygen atoms in total. The maximum atomic E-state index is 13.1. The standard InChI is InChI=1S/C20H18F3N3O3/c1-13-11-26(12-25-13)16-9-8-15(17(18(16)28-2)29-20(21,22)23)10-24-19(27)14-6-4-3-5-7-14/h3-9,11-12H,10H2,1-2H3,(H,24,27). The third kappa shape index (κ3) is 4.87. The van der Waals surface area contributed by atoms with Crippen molar-refractivity contribution >= 4 is 5.91 Å². The average Bonchev–Trinajstić information content (AvgIpc) is 3.12. The number of benzene rings is 2. The van der Waals surface area contributed by atoms with E-state index in [9.17, 15) is 18.0 Å². The van der Waals surface area contributed by atoms with Gasteiger partial charge in [-0.2, -0.15) is 0 Å². The van der Waals surface area contributed by atoms with Gasteiger partial charge in [-0.25, -0.2) is 4.98 Å². The van der Waals surface area contributed by atoms with Crippen LogP contribution in [0.25, 0.3) is 5.69 Å². The molecular weight excluding hydrogens is 387 g/mol. The molecule has 9 heteroatoms. The summed E-state index contributed by atoms with van der Waals surface area (Å²) >= 11 is 0. The highest BCUT2D eigenvalue weighted by Gasteiger charge is 2.34. The number of aromatic nitrogens is 2. The quantitative estimate of drug-likeness (QED) is 0.673. The van der Waals surface area contributed by atoms with E-state index in [1.807, 2.05) is 0 Å². The molecule has 29 heavy (non-hydrogen) atoms. The zero-order valence-electron chi connectivity index (χ0n) is 15.7. The Balaban J connectivity index is 1.96. The number of hydrogen-bond acceptors (Lipinski definition) is 4. The fourth-order valence-electron chi connectivity index (χ4n) is 2.78. The summed E-state index contributed by atoms with van der Waals surface area (Å²) in [7, 11) is 1.25. The van der Waals surface area contributed by atoms with Crippen LogP contribution in [-0.4, -0.2) is 28.9 Å². The van der Waals surface area contributed by atoms with Gasteiger partial charge in [-0.15, -0.1) is 13.2 Å². The summed E-state index contributed by atoms with van der Waals surface area (Å²) in [5.41, 5.74) is 1.52. The number of ether oxygens (including phenoxy) is 2. The number of aryl methyl sites for hydroxylation is 1. The summed E-state index contributed by atoms with van der Waals surface area (Å²) in [6, 6.07) is 11.4. The Morgan fingerprint density at radius 3 is 2.45 bits per heavy atom. The first-order valence-electron chi connectivity index (χ1n) is 8.58. The van der Waals surface area contributed by atoms with Gasteiger partial charge in [-0.1, -0.05) is 24.3 Å². The van der Waals surface area contributed by atoms with Crippen LogP contribution in [0, 0.1) is 6.92 Å². The molecule has 0 atom stereocenters. The van der Waals surface area contributed by atoms with Gasteiger partial charge in [0.1, 0.15) is 0 Å². The van der Waals surface area contributed by atoms with Crippen molar-refractivity contribution in [2.24, 2.45) is 0 Å². The highest BCUT2D eigenvalue weighted by molar-refractivity contribution is 5.94. The number of rotatable bonds is 6. The Morgan fingerprint density at radius 1 is 1.14 bits per heavy atom. The lowest BCUT2D eigenvalue weighted by molar-refractivity contribution is -0.275. The average molecular weight is 405 g/mol. The third-order valence-corrected chi connectivity index (χ3v) is 4.06. The molecule has 3 rings (SSSR count). The summed E-state index contributed by atoms with van der Waals surface area (Å²) < 4.78 is 50.2. The van der Waals surface area contributed by atoms with E-state index >= 15 is 0 Å². The van der Waals surface area contributed by atoms with Crippen LogP contribution in [0.3, 0.4) is 0 Å². The molecule has 1 amide bonds. The second kappa shape index (κ2) is 8.26. The summed E-state index contributed by atoms with van der Waals surface area (Å²) in [6.45, 7) is 1.57. The van der Waals surface area contributed by atoms with Gasteiger partial charge in [0.15, 0.2) is 11.5 Å². The van der Waals surface area contributed by atoms with E-state index in [1.54, 1.807) is 49.5 Å². The molecule has 3 aromatic rings. The molecule has 0 radical (unpaired) electrons. The van der Waals surface area contributed by atoms with Crippen LogP contribution in [0.5, 0.6) is 11.5 Å². The Kier molecular flexibility index (Phi) is 5.76. The molecule has 1 heterocycles. The fourth-order valence-corrected chi connectivity index (χ4v) is 2.78. The first-order chi connectivity index (χ1) is 13.8. The van der Waals surface area contributed by atoms with Gasteiger partial charge >= 0.3 is 6.36 Å². The zero-order chi connectivity index (χ0) is 21.0. The van der Waals surface area contributed by atoms with Gasteiger partial charge in [-0.3, -0.25) is 4.79 Å². The number of carbonyl (C=O) groups is 1. The highest BCUT2D eigenvalue weighted by Crippen LogP contribution is 2.40.